The zero-order valence-electron chi connectivity index (χ0n) is 22.8. The molecule has 0 unspecified atom stereocenters. The molecule has 0 aliphatic heterocycles. The summed E-state index contributed by atoms with van der Waals surface area (Å²) >= 11 is 0. The molecule has 0 saturated heterocycles. The number of nitrogens with one attached hydrogen (secondary N) is 2. The van der Waals surface area contributed by atoms with E-state index in [0.29, 0.717) is 23.7 Å². The van der Waals surface area contributed by atoms with Crippen molar-refractivity contribution < 1.29 is 0 Å². The molecule has 5 aromatic rings. The molecular formula is C32H38N4. The van der Waals surface area contributed by atoms with Gasteiger partial charge in [-0.2, -0.15) is 0 Å². The Morgan fingerprint density at radius 1 is 0.500 bits per heavy atom. The molecule has 2 heterocycles. The first-order valence-corrected chi connectivity index (χ1v) is 13.3. The molecule has 0 radical (unpaired) electrons. The fourth-order valence-corrected chi connectivity index (χ4v) is 5.40. The van der Waals surface area contributed by atoms with Crippen LogP contribution in [-0.4, -0.2) is 19.9 Å². The number of fused-ring (bicyclic) bond motifs is 2. The van der Waals surface area contributed by atoms with E-state index in [4.69, 9.17) is 9.97 Å². The number of imidazole rings is 2. The number of nitrogens with zero attached hydrogens (tertiary/aromatic N) is 2. The van der Waals surface area contributed by atoms with Crippen LogP contribution >= 0.6 is 0 Å². The van der Waals surface area contributed by atoms with Gasteiger partial charge >= 0.3 is 0 Å². The van der Waals surface area contributed by atoms with Crippen molar-refractivity contribution in [3.8, 4) is 22.8 Å². The van der Waals surface area contributed by atoms with Gasteiger partial charge in [-0.15, -0.1) is 0 Å². The normalized spacial score (nSPS) is 12.3. The lowest BCUT2D eigenvalue weighted by Gasteiger charge is -2.18. The molecule has 0 fully saturated rings. The Balaban J connectivity index is 1.67. The van der Waals surface area contributed by atoms with Crippen LogP contribution in [0.5, 0.6) is 0 Å². The molecule has 5 rings (SSSR count). The molecule has 0 atom stereocenters. The van der Waals surface area contributed by atoms with E-state index in [-0.39, 0.29) is 0 Å². The average Bonchev–Trinajstić information content (AvgIpc) is 3.44. The molecule has 3 aromatic carbocycles. The van der Waals surface area contributed by atoms with Crippen molar-refractivity contribution in [1.29, 1.82) is 0 Å². The maximum absolute atomic E-state index is 5.08. The third kappa shape index (κ3) is 4.13. The molecule has 36 heavy (non-hydrogen) atoms. The minimum Gasteiger partial charge on any atom is -0.338 e. The number of hydrogen-bond donors (Lipinski definition) is 2. The van der Waals surface area contributed by atoms with Crippen molar-refractivity contribution in [2.75, 3.05) is 0 Å². The standard InChI is InChI=1S/C32H38N4/c1-17(2)21-11-9-12-22(18(3)4)29(21)31-33-25-15-27-28(16-26(25)34-31)36-32(35-27)30-23(19(5)6)13-10-14-24(30)20(7)8/h9-20H,1-8H3,(H,33,34)(H,35,36). The molecule has 2 aromatic heterocycles. The maximum Gasteiger partial charge on any atom is 0.139 e. The first-order chi connectivity index (χ1) is 17.2. The number of H-pyrrole nitrogens is 2. The summed E-state index contributed by atoms with van der Waals surface area (Å²) in [7, 11) is 0. The molecule has 0 spiro atoms. The molecular weight excluding hydrogens is 440 g/mol. The van der Waals surface area contributed by atoms with E-state index in [9.17, 15) is 0 Å². The van der Waals surface area contributed by atoms with Crippen LogP contribution in [0.4, 0.5) is 0 Å². The first-order valence-electron chi connectivity index (χ1n) is 13.3. The van der Waals surface area contributed by atoms with Gasteiger partial charge in [-0.25, -0.2) is 9.97 Å². The molecule has 0 bridgehead atoms. The second-order valence-electron chi connectivity index (χ2n) is 11.3. The molecule has 186 valence electrons. The van der Waals surface area contributed by atoms with E-state index in [1.807, 2.05) is 0 Å². The van der Waals surface area contributed by atoms with E-state index in [1.165, 1.54) is 33.4 Å². The minimum absolute atomic E-state index is 0.418. The van der Waals surface area contributed by atoms with E-state index >= 15 is 0 Å². The highest BCUT2D eigenvalue weighted by molar-refractivity contribution is 5.94. The highest BCUT2D eigenvalue weighted by Gasteiger charge is 2.21. The van der Waals surface area contributed by atoms with Crippen molar-refractivity contribution in [3.63, 3.8) is 0 Å². The lowest BCUT2D eigenvalue weighted by molar-refractivity contribution is 0.835. The van der Waals surface area contributed by atoms with Gasteiger partial charge in [0.15, 0.2) is 0 Å². The van der Waals surface area contributed by atoms with Crippen LogP contribution in [0, 0.1) is 0 Å². The second kappa shape index (κ2) is 9.24. The Bertz CT molecular complexity index is 1330. The van der Waals surface area contributed by atoms with E-state index < -0.39 is 0 Å². The Morgan fingerprint density at radius 3 is 1.14 bits per heavy atom. The number of rotatable bonds is 6. The number of aromatic nitrogens is 4. The van der Waals surface area contributed by atoms with Crippen LogP contribution in [-0.2, 0) is 0 Å². The highest BCUT2D eigenvalue weighted by atomic mass is 15.0. The number of aromatic amines is 2. The molecule has 2 N–H and O–H groups in total. The Labute approximate surface area is 214 Å². The zero-order chi connectivity index (χ0) is 25.7. The minimum atomic E-state index is 0.418. The first kappa shape index (κ1) is 24.3. The van der Waals surface area contributed by atoms with Gasteiger partial charge in [-0.05, 0) is 58.1 Å². The average molecular weight is 479 g/mol. The summed E-state index contributed by atoms with van der Waals surface area (Å²) in [5, 5.41) is 0. The third-order valence-corrected chi connectivity index (χ3v) is 7.30. The van der Waals surface area contributed by atoms with Gasteiger partial charge < -0.3 is 9.97 Å². The topological polar surface area (TPSA) is 57.4 Å². The van der Waals surface area contributed by atoms with Crippen molar-refractivity contribution in [3.05, 3.63) is 70.8 Å². The summed E-state index contributed by atoms with van der Waals surface area (Å²) in [5.41, 5.74) is 11.8. The van der Waals surface area contributed by atoms with Gasteiger partial charge in [-0.3, -0.25) is 0 Å². The summed E-state index contributed by atoms with van der Waals surface area (Å²) in [4.78, 5) is 17.5. The largest absolute Gasteiger partial charge is 0.338 e. The number of benzene rings is 3. The smallest absolute Gasteiger partial charge is 0.139 e. The quantitative estimate of drug-likeness (QED) is 0.255. The van der Waals surface area contributed by atoms with Crippen molar-refractivity contribution in [2.45, 2.75) is 79.1 Å². The molecule has 4 nitrogen and oxygen atoms in total. The predicted molar refractivity (Wildman–Crippen MR) is 153 cm³/mol. The van der Waals surface area contributed by atoms with Gasteiger partial charge in [0.25, 0.3) is 0 Å². The monoisotopic (exact) mass is 478 g/mol. The van der Waals surface area contributed by atoms with Gasteiger partial charge in [0.2, 0.25) is 0 Å². The Hall–Kier alpha value is -3.40. The molecule has 0 amide bonds. The van der Waals surface area contributed by atoms with Crippen LogP contribution in [0.15, 0.2) is 48.5 Å². The molecule has 0 aliphatic rings. The summed E-state index contributed by atoms with van der Waals surface area (Å²) in [6.07, 6.45) is 0. The van der Waals surface area contributed by atoms with Crippen LogP contribution < -0.4 is 0 Å². The van der Waals surface area contributed by atoms with Crippen LogP contribution in [0.2, 0.25) is 0 Å². The van der Waals surface area contributed by atoms with E-state index in [2.05, 4.69) is 114 Å². The summed E-state index contributed by atoms with van der Waals surface area (Å²) in [5.74, 6) is 3.56. The fourth-order valence-electron chi connectivity index (χ4n) is 5.40. The van der Waals surface area contributed by atoms with E-state index in [1.54, 1.807) is 0 Å². The van der Waals surface area contributed by atoms with Crippen molar-refractivity contribution >= 4 is 22.1 Å². The third-order valence-electron chi connectivity index (χ3n) is 7.30. The fraction of sp³-hybridized carbons (Fsp3) is 0.375. The van der Waals surface area contributed by atoms with Crippen LogP contribution in [0.1, 0.15) is 101 Å². The summed E-state index contributed by atoms with van der Waals surface area (Å²) < 4.78 is 0. The van der Waals surface area contributed by atoms with Crippen molar-refractivity contribution in [2.24, 2.45) is 0 Å². The summed E-state index contributed by atoms with van der Waals surface area (Å²) in [6, 6.07) is 17.6. The van der Waals surface area contributed by atoms with Gasteiger partial charge in [0, 0.05) is 11.1 Å². The zero-order valence-corrected chi connectivity index (χ0v) is 22.8. The van der Waals surface area contributed by atoms with Crippen molar-refractivity contribution in [1.82, 2.24) is 19.9 Å². The predicted octanol–water partition coefficient (Wildman–Crippen LogP) is 9.27. The molecule has 4 heteroatoms. The maximum atomic E-state index is 5.08. The van der Waals surface area contributed by atoms with Crippen LogP contribution in [0.25, 0.3) is 44.8 Å². The summed E-state index contributed by atoms with van der Waals surface area (Å²) in [6.45, 7) is 18.0. The Kier molecular flexibility index (Phi) is 6.23. The lowest BCUT2D eigenvalue weighted by atomic mass is 9.88. The highest BCUT2D eigenvalue weighted by Crippen LogP contribution is 2.38. The van der Waals surface area contributed by atoms with Gasteiger partial charge in [0.05, 0.1) is 22.1 Å². The van der Waals surface area contributed by atoms with Gasteiger partial charge in [0.1, 0.15) is 11.6 Å². The Morgan fingerprint density at radius 2 is 0.833 bits per heavy atom. The van der Waals surface area contributed by atoms with E-state index in [0.717, 1.165) is 33.7 Å². The van der Waals surface area contributed by atoms with Crippen LogP contribution in [0.3, 0.4) is 0 Å². The second-order valence-corrected chi connectivity index (χ2v) is 11.3. The van der Waals surface area contributed by atoms with Gasteiger partial charge in [-0.1, -0.05) is 91.8 Å². The molecule has 0 aliphatic carbocycles. The lowest BCUT2D eigenvalue weighted by Crippen LogP contribution is -2.00. The molecule has 0 saturated carbocycles. The number of hydrogen-bond acceptors (Lipinski definition) is 2. The SMILES string of the molecule is CC(C)c1cccc(C(C)C)c1-c1nc2cc3nc(-c4c(C(C)C)cccc4C(C)C)[nH]c3cc2[nH]1.